The Kier molecular flexibility index (Phi) is 4.55. The molecule has 2 aromatic heterocycles. The summed E-state index contributed by atoms with van der Waals surface area (Å²) in [6.07, 6.45) is 1.46. The molecule has 0 bridgehead atoms. The minimum absolute atomic E-state index is 0.0279. The molecule has 0 unspecified atom stereocenters. The number of fused-ring (bicyclic) bond motifs is 1. The van der Waals surface area contributed by atoms with Gasteiger partial charge in [0.1, 0.15) is 12.1 Å². The van der Waals surface area contributed by atoms with E-state index in [-0.39, 0.29) is 11.7 Å². The highest BCUT2D eigenvalue weighted by atomic mass is 19.1. The molecule has 1 amide bonds. The van der Waals surface area contributed by atoms with Crippen molar-refractivity contribution in [2.75, 3.05) is 31.1 Å². The number of anilines is 1. The molecule has 0 N–H and O–H groups in total. The van der Waals surface area contributed by atoms with Gasteiger partial charge >= 0.3 is 0 Å². The molecule has 1 fully saturated rings. The van der Waals surface area contributed by atoms with Gasteiger partial charge in [0, 0.05) is 31.7 Å². The van der Waals surface area contributed by atoms with Gasteiger partial charge in [-0.05, 0) is 30.3 Å². The summed E-state index contributed by atoms with van der Waals surface area (Å²) in [4.78, 5) is 25.3. The van der Waals surface area contributed by atoms with Crippen molar-refractivity contribution >= 4 is 22.9 Å². The molecule has 4 aromatic rings. The van der Waals surface area contributed by atoms with Gasteiger partial charge in [0.15, 0.2) is 17.0 Å². The molecule has 5 rings (SSSR count). The molecule has 0 saturated carbocycles. The predicted octanol–water partition coefficient (Wildman–Crippen LogP) is 2.31. The Hall–Kier alpha value is -3.88. The van der Waals surface area contributed by atoms with E-state index in [1.165, 1.54) is 23.1 Å². The van der Waals surface area contributed by atoms with Crippen LogP contribution >= 0.6 is 0 Å². The second-order valence-electron chi connectivity index (χ2n) is 7.00. The van der Waals surface area contributed by atoms with E-state index in [9.17, 15) is 9.18 Å². The Balaban J connectivity index is 1.38. The number of carbonyl (C=O) groups is 1. The lowest BCUT2D eigenvalue weighted by Gasteiger charge is -2.35. The predicted molar refractivity (Wildman–Crippen MR) is 109 cm³/mol. The average Bonchev–Trinajstić information content (AvgIpc) is 3.24. The van der Waals surface area contributed by atoms with Crippen LogP contribution in [-0.2, 0) is 0 Å². The first kappa shape index (κ1) is 18.2. The second kappa shape index (κ2) is 7.51. The minimum atomic E-state index is -0.357. The molecular formula is C21H18FN7O. The van der Waals surface area contributed by atoms with Gasteiger partial charge in [-0.3, -0.25) is 4.79 Å². The summed E-state index contributed by atoms with van der Waals surface area (Å²) in [7, 11) is 0. The number of aromatic nitrogens is 5. The lowest BCUT2D eigenvalue weighted by Crippen LogP contribution is -2.49. The van der Waals surface area contributed by atoms with Crippen molar-refractivity contribution in [2.24, 2.45) is 0 Å². The number of nitrogens with zero attached hydrogens (tertiary/aromatic N) is 7. The summed E-state index contributed by atoms with van der Waals surface area (Å²) < 4.78 is 15.1. The molecule has 1 aliphatic heterocycles. The van der Waals surface area contributed by atoms with E-state index in [1.54, 1.807) is 12.1 Å². The van der Waals surface area contributed by atoms with Crippen LogP contribution in [0.15, 0.2) is 60.9 Å². The quantitative estimate of drug-likeness (QED) is 0.522. The summed E-state index contributed by atoms with van der Waals surface area (Å²) in [5.41, 5.74) is 2.28. The molecule has 9 heteroatoms. The van der Waals surface area contributed by atoms with Crippen molar-refractivity contribution in [3.8, 4) is 5.69 Å². The van der Waals surface area contributed by atoms with Crippen LogP contribution in [0.4, 0.5) is 10.2 Å². The molecule has 3 heterocycles. The fourth-order valence-corrected chi connectivity index (χ4v) is 3.63. The third kappa shape index (κ3) is 3.24. The van der Waals surface area contributed by atoms with E-state index >= 15 is 0 Å². The molecule has 2 aromatic carbocycles. The maximum atomic E-state index is 13.6. The molecule has 0 aliphatic carbocycles. The van der Waals surface area contributed by atoms with Gasteiger partial charge in [0.25, 0.3) is 5.91 Å². The zero-order chi connectivity index (χ0) is 20.5. The van der Waals surface area contributed by atoms with Crippen LogP contribution in [-0.4, -0.2) is 61.9 Å². The van der Waals surface area contributed by atoms with E-state index in [0.29, 0.717) is 54.4 Å². The zero-order valence-electron chi connectivity index (χ0n) is 16.0. The van der Waals surface area contributed by atoms with Crippen LogP contribution in [0.2, 0.25) is 0 Å². The SMILES string of the molecule is O=C(c1ccccc1)N1CCN(c2ncnc3c2nnn3-c2cccc(F)c2)CC1. The van der Waals surface area contributed by atoms with Gasteiger partial charge in [0.05, 0.1) is 5.69 Å². The van der Waals surface area contributed by atoms with Gasteiger partial charge in [0.2, 0.25) is 0 Å². The number of carbonyl (C=O) groups excluding carboxylic acids is 1. The van der Waals surface area contributed by atoms with Crippen molar-refractivity contribution in [3.05, 3.63) is 72.3 Å². The van der Waals surface area contributed by atoms with Crippen molar-refractivity contribution in [2.45, 2.75) is 0 Å². The molecule has 0 spiro atoms. The summed E-state index contributed by atoms with van der Waals surface area (Å²) in [6, 6.07) is 15.4. The maximum absolute atomic E-state index is 13.6. The van der Waals surface area contributed by atoms with Crippen LogP contribution in [0.25, 0.3) is 16.9 Å². The number of halogens is 1. The summed E-state index contributed by atoms with van der Waals surface area (Å²) in [5, 5.41) is 8.40. The highest BCUT2D eigenvalue weighted by molar-refractivity contribution is 5.94. The number of hydrogen-bond donors (Lipinski definition) is 0. The Labute approximate surface area is 171 Å². The largest absolute Gasteiger partial charge is 0.351 e. The second-order valence-corrected chi connectivity index (χ2v) is 7.00. The molecule has 8 nitrogen and oxygen atoms in total. The summed E-state index contributed by atoms with van der Waals surface area (Å²) >= 11 is 0. The highest BCUT2D eigenvalue weighted by Gasteiger charge is 2.25. The fraction of sp³-hybridized carbons (Fsp3) is 0.190. The van der Waals surface area contributed by atoms with Gasteiger partial charge in [-0.15, -0.1) is 5.10 Å². The molecule has 150 valence electrons. The Morgan fingerprint density at radius 2 is 1.73 bits per heavy atom. The summed E-state index contributed by atoms with van der Waals surface area (Å²) in [6.45, 7) is 2.41. The van der Waals surface area contributed by atoms with E-state index in [0.717, 1.165) is 0 Å². The Morgan fingerprint density at radius 1 is 0.933 bits per heavy atom. The highest BCUT2D eigenvalue weighted by Crippen LogP contribution is 2.24. The molecular weight excluding hydrogens is 385 g/mol. The number of hydrogen-bond acceptors (Lipinski definition) is 6. The van der Waals surface area contributed by atoms with Crippen molar-refractivity contribution in [1.29, 1.82) is 0 Å². The van der Waals surface area contributed by atoms with Gasteiger partial charge in [-0.2, -0.15) is 4.68 Å². The van der Waals surface area contributed by atoms with E-state index in [4.69, 9.17) is 0 Å². The van der Waals surface area contributed by atoms with Crippen molar-refractivity contribution in [1.82, 2.24) is 29.9 Å². The van der Waals surface area contributed by atoms with Crippen LogP contribution < -0.4 is 4.90 Å². The first-order valence-electron chi connectivity index (χ1n) is 9.62. The lowest BCUT2D eigenvalue weighted by molar-refractivity contribution is 0.0746. The van der Waals surface area contributed by atoms with Gasteiger partial charge in [-0.1, -0.05) is 29.5 Å². The van der Waals surface area contributed by atoms with Crippen LogP contribution in [0.5, 0.6) is 0 Å². The normalized spacial score (nSPS) is 14.3. The molecule has 0 radical (unpaired) electrons. The van der Waals surface area contributed by atoms with Crippen LogP contribution in [0.3, 0.4) is 0 Å². The molecule has 0 atom stereocenters. The monoisotopic (exact) mass is 403 g/mol. The third-order valence-electron chi connectivity index (χ3n) is 5.16. The van der Waals surface area contributed by atoms with Crippen LogP contribution in [0, 0.1) is 5.82 Å². The Bertz CT molecular complexity index is 1200. The molecule has 30 heavy (non-hydrogen) atoms. The smallest absolute Gasteiger partial charge is 0.253 e. The standard InChI is InChI=1S/C21H18FN7O/c22-16-7-4-8-17(13-16)29-20-18(25-26-29)19(23-14-24-20)27-9-11-28(12-10-27)21(30)15-5-2-1-3-6-15/h1-8,13-14H,9-12H2. The minimum Gasteiger partial charge on any atom is -0.351 e. The van der Waals surface area contributed by atoms with Gasteiger partial charge in [-0.25, -0.2) is 14.4 Å². The lowest BCUT2D eigenvalue weighted by atomic mass is 10.2. The number of amides is 1. The number of rotatable bonds is 3. The van der Waals surface area contributed by atoms with E-state index in [1.807, 2.05) is 35.2 Å². The van der Waals surface area contributed by atoms with E-state index < -0.39 is 0 Å². The summed E-state index contributed by atoms with van der Waals surface area (Å²) in [5.74, 6) is 0.333. The first-order chi connectivity index (χ1) is 14.7. The number of benzene rings is 2. The fourth-order valence-electron chi connectivity index (χ4n) is 3.63. The number of piperazine rings is 1. The molecule has 1 saturated heterocycles. The zero-order valence-corrected chi connectivity index (χ0v) is 16.0. The Morgan fingerprint density at radius 3 is 2.50 bits per heavy atom. The van der Waals surface area contributed by atoms with Gasteiger partial charge < -0.3 is 9.80 Å². The van der Waals surface area contributed by atoms with Crippen molar-refractivity contribution in [3.63, 3.8) is 0 Å². The van der Waals surface area contributed by atoms with E-state index in [2.05, 4.69) is 25.2 Å². The third-order valence-corrected chi connectivity index (χ3v) is 5.16. The maximum Gasteiger partial charge on any atom is 0.253 e. The average molecular weight is 403 g/mol. The van der Waals surface area contributed by atoms with Crippen LogP contribution in [0.1, 0.15) is 10.4 Å². The first-order valence-corrected chi connectivity index (χ1v) is 9.62. The molecule has 1 aliphatic rings. The van der Waals surface area contributed by atoms with Crippen molar-refractivity contribution < 1.29 is 9.18 Å². The topological polar surface area (TPSA) is 80.0 Å².